The summed E-state index contributed by atoms with van der Waals surface area (Å²) in [5, 5.41) is 0.631. The molecule has 5 heteroatoms. The van der Waals surface area contributed by atoms with Crippen molar-refractivity contribution in [1.29, 1.82) is 0 Å². The van der Waals surface area contributed by atoms with Gasteiger partial charge in [0.15, 0.2) is 5.65 Å². The Hall–Kier alpha value is -0.800. The van der Waals surface area contributed by atoms with Crippen molar-refractivity contribution >= 4 is 34.4 Å². The predicted molar refractivity (Wildman–Crippen MR) is 79.1 cm³/mol. The van der Waals surface area contributed by atoms with Crippen LogP contribution in [0.4, 0.5) is 0 Å². The average Bonchev–Trinajstić information content (AvgIpc) is 2.93. The van der Waals surface area contributed by atoms with Crippen LogP contribution in [-0.2, 0) is 12.0 Å². The van der Waals surface area contributed by atoms with Gasteiger partial charge in [0.05, 0.1) is 5.02 Å². The first-order valence-electron chi connectivity index (χ1n) is 6.73. The number of imidazole rings is 1. The van der Waals surface area contributed by atoms with Crippen molar-refractivity contribution in [2.45, 2.75) is 44.6 Å². The summed E-state index contributed by atoms with van der Waals surface area (Å²) < 4.78 is 2.30. The van der Waals surface area contributed by atoms with E-state index in [-0.39, 0.29) is 5.54 Å². The van der Waals surface area contributed by atoms with Crippen LogP contribution < -0.4 is 0 Å². The molecule has 1 aliphatic carbocycles. The first-order chi connectivity index (χ1) is 9.14. The SMILES string of the molecule is CC1(n2c(CCCl)nc3cc(Cl)cnc32)CCCC1. The monoisotopic (exact) mass is 297 g/mol. The fourth-order valence-corrected chi connectivity index (χ4v) is 3.49. The summed E-state index contributed by atoms with van der Waals surface area (Å²) >= 11 is 11.9. The fourth-order valence-electron chi connectivity index (χ4n) is 3.17. The van der Waals surface area contributed by atoms with E-state index in [9.17, 15) is 0 Å². The van der Waals surface area contributed by atoms with Gasteiger partial charge in [-0.1, -0.05) is 24.4 Å². The Morgan fingerprint density at radius 1 is 1.37 bits per heavy atom. The predicted octanol–water partition coefficient (Wildman–Crippen LogP) is 4.16. The van der Waals surface area contributed by atoms with Crippen molar-refractivity contribution < 1.29 is 0 Å². The molecule has 2 heterocycles. The lowest BCUT2D eigenvalue weighted by atomic mass is 10.00. The van der Waals surface area contributed by atoms with Gasteiger partial charge in [0, 0.05) is 24.0 Å². The number of aromatic nitrogens is 3. The Morgan fingerprint density at radius 3 is 2.79 bits per heavy atom. The van der Waals surface area contributed by atoms with E-state index >= 15 is 0 Å². The molecule has 19 heavy (non-hydrogen) atoms. The number of halogens is 2. The van der Waals surface area contributed by atoms with Crippen LogP contribution in [0.15, 0.2) is 12.3 Å². The van der Waals surface area contributed by atoms with Crippen molar-refractivity contribution in [2.75, 3.05) is 5.88 Å². The molecular weight excluding hydrogens is 281 g/mol. The van der Waals surface area contributed by atoms with Crippen LogP contribution >= 0.6 is 23.2 Å². The lowest BCUT2D eigenvalue weighted by molar-refractivity contribution is 0.327. The first kappa shape index (κ1) is 13.2. The van der Waals surface area contributed by atoms with Gasteiger partial charge in [-0.2, -0.15) is 0 Å². The topological polar surface area (TPSA) is 30.7 Å². The highest BCUT2D eigenvalue weighted by Gasteiger charge is 2.34. The van der Waals surface area contributed by atoms with E-state index in [0.717, 1.165) is 23.4 Å². The second-order valence-electron chi connectivity index (χ2n) is 5.50. The molecule has 0 atom stereocenters. The zero-order chi connectivity index (χ0) is 13.5. The molecule has 0 bridgehead atoms. The number of rotatable bonds is 3. The summed E-state index contributed by atoms with van der Waals surface area (Å²) in [6.07, 6.45) is 7.36. The standard InChI is InChI=1S/C14H17Cl2N3/c1-14(5-2-3-6-14)19-12(4-7-15)18-11-8-10(16)9-17-13(11)19/h8-9H,2-7H2,1H3. The number of pyridine rings is 1. The zero-order valence-electron chi connectivity index (χ0n) is 11.0. The summed E-state index contributed by atoms with van der Waals surface area (Å²) in [4.78, 5) is 9.18. The zero-order valence-corrected chi connectivity index (χ0v) is 12.5. The van der Waals surface area contributed by atoms with Crippen LogP contribution in [0.5, 0.6) is 0 Å². The average molecular weight is 298 g/mol. The highest BCUT2D eigenvalue weighted by atomic mass is 35.5. The number of alkyl halides is 1. The van der Waals surface area contributed by atoms with Gasteiger partial charge in [-0.05, 0) is 25.8 Å². The summed E-state index contributed by atoms with van der Waals surface area (Å²) in [5.74, 6) is 1.61. The van der Waals surface area contributed by atoms with Gasteiger partial charge in [-0.3, -0.25) is 0 Å². The molecule has 0 unspecified atom stereocenters. The Kier molecular flexibility index (Phi) is 3.44. The van der Waals surface area contributed by atoms with Crippen molar-refractivity contribution in [2.24, 2.45) is 0 Å². The molecule has 0 saturated heterocycles. The second-order valence-corrected chi connectivity index (χ2v) is 6.32. The van der Waals surface area contributed by atoms with Gasteiger partial charge in [-0.15, -0.1) is 11.6 Å². The summed E-state index contributed by atoms with van der Waals surface area (Å²) in [5.41, 5.74) is 1.94. The Balaban J connectivity index is 2.21. The number of nitrogens with zero attached hydrogens (tertiary/aromatic N) is 3. The minimum atomic E-state index is 0.122. The molecule has 0 aromatic carbocycles. The van der Waals surface area contributed by atoms with Crippen molar-refractivity contribution in [3.63, 3.8) is 0 Å². The minimum Gasteiger partial charge on any atom is -0.307 e. The number of fused-ring (bicyclic) bond motifs is 1. The minimum absolute atomic E-state index is 0.122. The quantitative estimate of drug-likeness (QED) is 0.797. The first-order valence-corrected chi connectivity index (χ1v) is 7.65. The maximum Gasteiger partial charge on any atom is 0.160 e. The third-order valence-corrected chi connectivity index (χ3v) is 4.47. The smallest absolute Gasteiger partial charge is 0.160 e. The molecule has 3 nitrogen and oxygen atoms in total. The van der Waals surface area contributed by atoms with E-state index in [2.05, 4.69) is 21.5 Å². The van der Waals surface area contributed by atoms with Crippen LogP contribution in [0.25, 0.3) is 11.2 Å². The summed E-state index contributed by atoms with van der Waals surface area (Å²) in [6, 6.07) is 1.89. The maximum atomic E-state index is 6.01. The van der Waals surface area contributed by atoms with Crippen molar-refractivity contribution in [3.8, 4) is 0 Å². The van der Waals surface area contributed by atoms with Gasteiger partial charge in [0.2, 0.25) is 0 Å². The Morgan fingerprint density at radius 2 is 2.11 bits per heavy atom. The van der Waals surface area contributed by atoms with Crippen LogP contribution in [0.1, 0.15) is 38.4 Å². The third-order valence-electron chi connectivity index (χ3n) is 4.07. The van der Waals surface area contributed by atoms with Crippen LogP contribution in [0, 0.1) is 0 Å². The molecule has 1 aliphatic rings. The van der Waals surface area contributed by atoms with Crippen LogP contribution in [0.2, 0.25) is 5.02 Å². The second kappa shape index (κ2) is 4.95. The van der Waals surface area contributed by atoms with Crippen LogP contribution in [0.3, 0.4) is 0 Å². The van der Waals surface area contributed by atoms with E-state index in [4.69, 9.17) is 23.2 Å². The molecule has 0 radical (unpaired) electrons. The van der Waals surface area contributed by atoms with Crippen molar-refractivity contribution in [3.05, 3.63) is 23.1 Å². The van der Waals surface area contributed by atoms with E-state index in [1.54, 1.807) is 6.20 Å². The third kappa shape index (κ3) is 2.23. The van der Waals surface area contributed by atoms with Gasteiger partial charge >= 0.3 is 0 Å². The molecule has 0 N–H and O–H groups in total. The van der Waals surface area contributed by atoms with Crippen LogP contribution in [-0.4, -0.2) is 20.4 Å². The maximum absolute atomic E-state index is 6.01. The number of hydrogen-bond acceptors (Lipinski definition) is 2. The lowest BCUT2D eigenvalue weighted by Gasteiger charge is -2.28. The lowest BCUT2D eigenvalue weighted by Crippen LogP contribution is -2.28. The normalized spacial score (nSPS) is 18.3. The molecule has 3 rings (SSSR count). The largest absolute Gasteiger partial charge is 0.307 e. The molecule has 0 amide bonds. The molecule has 0 aliphatic heterocycles. The fraction of sp³-hybridized carbons (Fsp3) is 0.571. The highest BCUT2D eigenvalue weighted by molar-refractivity contribution is 6.31. The molecule has 2 aromatic heterocycles. The van der Waals surface area contributed by atoms with Gasteiger partial charge in [-0.25, -0.2) is 9.97 Å². The van der Waals surface area contributed by atoms with E-state index < -0.39 is 0 Å². The van der Waals surface area contributed by atoms with Gasteiger partial charge in [0.1, 0.15) is 11.3 Å². The number of aryl methyl sites for hydroxylation is 1. The Bertz CT molecular complexity index is 600. The molecule has 102 valence electrons. The molecule has 2 aromatic rings. The van der Waals surface area contributed by atoms with Gasteiger partial charge < -0.3 is 4.57 Å². The molecular formula is C14H17Cl2N3. The summed E-state index contributed by atoms with van der Waals surface area (Å²) in [7, 11) is 0. The van der Waals surface area contributed by atoms with Gasteiger partial charge in [0.25, 0.3) is 0 Å². The van der Waals surface area contributed by atoms with E-state index in [0.29, 0.717) is 10.9 Å². The molecule has 1 saturated carbocycles. The Labute approximate surface area is 122 Å². The highest BCUT2D eigenvalue weighted by Crippen LogP contribution is 2.39. The number of hydrogen-bond donors (Lipinski definition) is 0. The summed E-state index contributed by atoms with van der Waals surface area (Å²) in [6.45, 7) is 2.30. The van der Waals surface area contributed by atoms with E-state index in [1.165, 1.54) is 25.7 Å². The van der Waals surface area contributed by atoms with E-state index in [1.807, 2.05) is 6.07 Å². The van der Waals surface area contributed by atoms with Crippen molar-refractivity contribution in [1.82, 2.24) is 14.5 Å². The molecule has 0 spiro atoms. The molecule has 1 fully saturated rings.